The molecule has 2 aliphatic rings. The molecule has 1 fully saturated rings. The van der Waals surface area contributed by atoms with Crippen molar-refractivity contribution in [2.75, 3.05) is 65.6 Å². The molecule has 1 aromatic carbocycles. The number of morpholine rings is 1. The topological polar surface area (TPSA) is 74.4 Å². The summed E-state index contributed by atoms with van der Waals surface area (Å²) in [5, 5.41) is 4.96. The Labute approximate surface area is 216 Å². The van der Waals surface area contributed by atoms with Gasteiger partial charge >= 0.3 is 6.03 Å². The fourth-order valence-electron chi connectivity index (χ4n) is 4.52. The van der Waals surface area contributed by atoms with E-state index in [4.69, 9.17) is 9.47 Å². The number of nitrogens with one attached hydrogen (secondary N) is 1. The Morgan fingerprint density at radius 2 is 1.97 bits per heavy atom. The van der Waals surface area contributed by atoms with Crippen molar-refractivity contribution >= 4 is 23.3 Å². The first kappa shape index (κ1) is 26.4. The Bertz CT molecular complexity index is 996. The SMILES string of the molecule is CCCNC(=O)N(CCN1CCOCC1)CC(=O)N1CCc2sccc2[C@H]1COc1ccc(F)cc1. The lowest BCUT2D eigenvalue weighted by atomic mass is 10.0. The first-order valence-corrected chi connectivity index (χ1v) is 13.5. The average Bonchev–Trinajstić information content (AvgIpc) is 3.39. The molecular formula is C26H35FN4O4S. The Kier molecular flexibility index (Phi) is 9.54. The minimum absolute atomic E-state index is 0.00636. The maximum absolute atomic E-state index is 13.6. The molecule has 1 aromatic heterocycles. The summed E-state index contributed by atoms with van der Waals surface area (Å²) in [4.78, 5) is 33.5. The van der Waals surface area contributed by atoms with Gasteiger partial charge in [0.1, 0.15) is 24.7 Å². The molecule has 0 radical (unpaired) electrons. The number of carbonyl (C=O) groups is 2. The minimum atomic E-state index is -0.324. The average molecular weight is 519 g/mol. The van der Waals surface area contributed by atoms with Gasteiger partial charge in [0.25, 0.3) is 0 Å². The highest BCUT2D eigenvalue weighted by molar-refractivity contribution is 7.10. The fourth-order valence-corrected chi connectivity index (χ4v) is 5.45. The standard InChI is InChI=1S/C26H35FN4O4S/c1-2-9-28-26(33)30(12-11-29-13-15-34-16-14-29)18-25(32)31-10-7-24-22(8-17-36-24)23(31)19-35-21-5-3-20(27)4-6-21/h3-6,8,17,23H,2,7,9-16,18-19H2,1H3,(H,28,33)/t23-/m1/s1. The van der Waals surface area contributed by atoms with E-state index in [1.807, 2.05) is 23.3 Å². The van der Waals surface area contributed by atoms with E-state index in [0.29, 0.717) is 45.1 Å². The van der Waals surface area contributed by atoms with Gasteiger partial charge in [0.05, 0.1) is 19.3 Å². The first-order valence-electron chi connectivity index (χ1n) is 12.6. The van der Waals surface area contributed by atoms with Crippen LogP contribution in [-0.4, -0.2) is 92.3 Å². The van der Waals surface area contributed by atoms with Crippen molar-refractivity contribution in [1.29, 1.82) is 0 Å². The molecule has 0 unspecified atom stereocenters. The number of hydrogen-bond acceptors (Lipinski definition) is 6. The number of nitrogens with zero attached hydrogens (tertiary/aromatic N) is 3. The van der Waals surface area contributed by atoms with E-state index in [2.05, 4.69) is 10.2 Å². The molecule has 0 bridgehead atoms. The van der Waals surface area contributed by atoms with Crippen LogP contribution in [0, 0.1) is 5.82 Å². The Morgan fingerprint density at radius 1 is 1.19 bits per heavy atom. The van der Waals surface area contributed by atoms with Gasteiger partial charge in [0.15, 0.2) is 0 Å². The minimum Gasteiger partial charge on any atom is -0.491 e. The van der Waals surface area contributed by atoms with Crippen molar-refractivity contribution in [3.05, 3.63) is 52.0 Å². The van der Waals surface area contributed by atoms with Crippen molar-refractivity contribution in [2.45, 2.75) is 25.8 Å². The summed E-state index contributed by atoms with van der Waals surface area (Å²) in [6.45, 7) is 7.60. The van der Waals surface area contributed by atoms with Crippen molar-refractivity contribution in [1.82, 2.24) is 20.0 Å². The van der Waals surface area contributed by atoms with E-state index in [9.17, 15) is 14.0 Å². The second kappa shape index (κ2) is 13.0. The molecular weight excluding hydrogens is 483 g/mol. The van der Waals surface area contributed by atoms with Crippen molar-refractivity contribution in [2.24, 2.45) is 0 Å². The third-order valence-electron chi connectivity index (χ3n) is 6.57. The third-order valence-corrected chi connectivity index (χ3v) is 7.56. The predicted molar refractivity (Wildman–Crippen MR) is 137 cm³/mol. The fraction of sp³-hybridized carbons (Fsp3) is 0.538. The Balaban J connectivity index is 1.44. The van der Waals surface area contributed by atoms with E-state index in [1.54, 1.807) is 28.4 Å². The molecule has 1 atom stereocenters. The molecule has 2 aliphatic heterocycles. The summed E-state index contributed by atoms with van der Waals surface area (Å²) in [7, 11) is 0. The zero-order valence-corrected chi connectivity index (χ0v) is 21.6. The summed E-state index contributed by atoms with van der Waals surface area (Å²) in [6, 6.07) is 7.45. The smallest absolute Gasteiger partial charge is 0.317 e. The lowest BCUT2D eigenvalue weighted by Crippen LogP contribution is -2.52. The molecule has 8 nitrogen and oxygen atoms in total. The van der Waals surface area contributed by atoms with Crippen LogP contribution in [0.4, 0.5) is 9.18 Å². The van der Waals surface area contributed by atoms with E-state index >= 15 is 0 Å². The summed E-state index contributed by atoms with van der Waals surface area (Å²) >= 11 is 1.68. The normalized spacial score (nSPS) is 17.9. The van der Waals surface area contributed by atoms with Gasteiger partial charge < -0.3 is 24.6 Å². The van der Waals surface area contributed by atoms with Gasteiger partial charge in [-0.1, -0.05) is 6.92 Å². The highest BCUT2D eigenvalue weighted by Crippen LogP contribution is 2.34. The molecule has 0 saturated carbocycles. The first-order chi connectivity index (χ1) is 17.5. The Morgan fingerprint density at radius 3 is 2.72 bits per heavy atom. The van der Waals surface area contributed by atoms with Crippen molar-refractivity contribution in [3.63, 3.8) is 0 Å². The number of urea groups is 1. The number of benzene rings is 1. The van der Waals surface area contributed by atoms with Gasteiger partial charge in [0, 0.05) is 44.1 Å². The third kappa shape index (κ3) is 6.96. The lowest BCUT2D eigenvalue weighted by molar-refractivity contribution is -0.135. The monoisotopic (exact) mass is 518 g/mol. The van der Waals surface area contributed by atoms with Crippen molar-refractivity contribution < 1.29 is 23.5 Å². The molecule has 2 aromatic rings. The summed E-state index contributed by atoms with van der Waals surface area (Å²) < 4.78 is 24.7. The molecule has 1 N–H and O–H groups in total. The summed E-state index contributed by atoms with van der Waals surface area (Å²) in [5.41, 5.74) is 1.08. The van der Waals surface area contributed by atoms with Crippen LogP contribution in [0.2, 0.25) is 0 Å². The molecule has 36 heavy (non-hydrogen) atoms. The zero-order chi connectivity index (χ0) is 25.3. The van der Waals surface area contributed by atoms with Crippen LogP contribution >= 0.6 is 11.3 Å². The number of fused-ring (bicyclic) bond motifs is 1. The van der Waals surface area contributed by atoms with Crippen LogP contribution in [0.5, 0.6) is 5.75 Å². The van der Waals surface area contributed by atoms with Crippen LogP contribution in [0.25, 0.3) is 0 Å². The molecule has 196 valence electrons. The predicted octanol–water partition coefficient (Wildman–Crippen LogP) is 3.15. The number of hydrogen-bond donors (Lipinski definition) is 1. The highest BCUT2D eigenvalue weighted by atomic mass is 32.1. The van der Waals surface area contributed by atoms with Crippen LogP contribution in [0.1, 0.15) is 29.8 Å². The van der Waals surface area contributed by atoms with Crippen LogP contribution in [-0.2, 0) is 16.0 Å². The van der Waals surface area contributed by atoms with Gasteiger partial charge in [-0.2, -0.15) is 0 Å². The number of thiophene rings is 1. The lowest BCUT2D eigenvalue weighted by Gasteiger charge is -2.37. The number of carbonyl (C=O) groups excluding carboxylic acids is 2. The summed E-state index contributed by atoms with van der Waals surface area (Å²) in [5.74, 6) is 0.126. The van der Waals surface area contributed by atoms with Gasteiger partial charge in [0.2, 0.25) is 5.91 Å². The highest BCUT2D eigenvalue weighted by Gasteiger charge is 2.33. The largest absolute Gasteiger partial charge is 0.491 e. The maximum Gasteiger partial charge on any atom is 0.317 e. The van der Waals surface area contributed by atoms with Gasteiger partial charge in [-0.05, 0) is 54.1 Å². The molecule has 3 amide bonds. The number of ether oxygens (including phenoxy) is 2. The van der Waals surface area contributed by atoms with Crippen LogP contribution in [0.3, 0.4) is 0 Å². The molecule has 10 heteroatoms. The molecule has 1 saturated heterocycles. The zero-order valence-electron chi connectivity index (χ0n) is 20.8. The molecule has 0 spiro atoms. The van der Waals surface area contributed by atoms with Gasteiger partial charge in [-0.15, -0.1) is 11.3 Å². The van der Waals surface area contributed by atoms with E-state index in [-0.39, 0.29) is 36.9 Å². The van der Waals surface area contributed by atoms with Gasteiger partial charge in [-0.3, -0.25) is 9.69 Å². The maximum atomic E-state index is 13.6. The van der Waals surface area contributed by atoms with E-state index in [1.165, 1.54) is 17.0 Å². The molecule has 0 aliphatic carbocycles. The number of amides is 3. The molecule has 4 rings (SSSR count). The van der Waals surface area contributed by atoms with Gasteiger partial charge in [-0.25, -0.2) is 9.18 Å². The quantitative estimate of drug-likeness (QED) is 0.523. The number of rotatable bonds is 10. The second-order valence-electron chi connectivity index (χ2n) is 9.02. The van der Waals surface area contributed by atoms with Crippen LogP contribution < -0.4 is 10.1 Å². The second-order valence-corrected chi connectivity index (χ2v) is 10.0. The van der Waals surface area contributed by atoms with Crippen molar-refractivity contribution in [3.8, 4) is 5.75 Å². The van der Waals surface area contributed by atoms with E-state index < -0.39 is 0 Å². The van der Waals surface area contributed by atoms with E-state index in [0.717, 1.165) is 31.5 Å². The summed E-state index contributed by atoms with van der Waals surface area (Å²) in [6.07, 6.45) is 1.61. The van der Waals surface area contributed by atoms with Crippen LogP contribution in [0.15, 0.2) is 35.7 Å². The Hall–Kier alpha value is -2.69. The number of halogens is 1. The molecule has 3 heterocycles.